The molecule has 0 aromatic heterocycles. The highest BCUT2D eigenvalue weighted by molar-refractivity contribution is 6.12. The first-order chi connectivity index (χ1) is 13.1. The molecule has 0 saturated heterocycles. The molecule has 0 radical (unpaired) electrons. The van der Waals surface area contributed by atoms with Crippen LogP contribution < -0.4 is 4.74 Å². The van der Waals surface area contributed by atoms with Crippen LogP contribution in [0.4, 0.5) is 4.79 Å². The lowest BCUT2D eigenvalue weighted by atomic mass is 9.97. The first kappa shape index (κ1) is 18.9. The van der Waals surface area contributed by atoms with Crippen molar-refractivity contribution in [1.29, 1.82) is 0 Å². The van der Waals surface area contributed by atoms with E-state index < -0.39 is 6.16 Å². The summed E-state index contributed by atoms with van der Waals surface area (Å²) in [4.78, 5) is 29.5. The van der Waals surface area contributed by atoms with Crippen molar-refractivity contribution in [2.24, 2.45) is 0 Å². The highest BCUT2D eigenvalue weighted by atomic mass is 16.8. The van der Waals surface area contributed by atoms with Gasteiger partial charge in [-0.15, -0.1) is 5.06 Å². The van der Waals surface area contributed by atoms with Crippen molar-refractivity contribution in [3.63, 3.8) is 0 Å². The Kier molecular flexibility index (Phi) is 6.08. The van der Waals surface area contributed by atoms with E-state index in [4.69, 9.17) is 14.3 Å². The molecule has 0 bridgehead atoms. The van der Waals surface area contributed by atoms with Crippen LogP contribution in [0.2, 0.25) is 0 Å². The number of ether oxygens (including phenoxy) is 2. The van der Waals surface area contributed by atoms with E-state index in [1.807, 2.05) is 49.4 Å². The molecule has 0 atom stereocenters. The maximum absolute atomic E-state index is 12.9. The number of rotatable bonds is 6. The van der Waals surface area contributed by atoms with Crippen LogP contribution in [0, 0.1) is 0 Å². The molecule has 2 aromatic carbocycles. The van der Waals surface area contributed by atoms with Crippen molar-refractivity contribution in [3.8, 4) is 5.75 Å². The van der Waals surface area contributed by atoms with Crippen LogP contribution >= 0.6 is 0 Å². The van der Waals surface area contributed by atoms with Gasteiger partial charge in [-0.2, -0.15) is 0 Å². The number of hydrogen-bond donors (Lipinski definition) is 0. The Bertz CT molecular complexity index is 833. The minimum absolute atomic E-state index is 0.0323. The van der Waals surface area contributed by atoms with Crippen LogP contribution in [0.3, 0.4) is 0 Å². The lowest BCUT2D eigenvalue weighted by Crippen LogP contribution is -2.29. The number of likely N-dealkylation sites (N-methyl/N-ethyl adjacent to an activating group) is 1. The number of hydrogen-bond acceptors (Lipinski definition) is 6. The van der Waals surface area contributed by atoms with Gasteiger partial charge in [0.15, 0.2) is 5.78 Å². The van der Waals surface area contributed by atoms with E-state index in [9.17, 15) is 9.59 Å². The van der Waals surface area contributed by atoms with Crippen LogP contribution in [-0.4, -0.2) is 36.7 Å². The number of hydroxylamine groups is 2. The highest BCUT2D eigenvalue weighted by Gasteiger charge is 2.22. The van der Waals surface area contributed by atoms with E-state index in [0.717, 1.165) is 11.1 Å². The Labute approximate surface area is 158 Å². The second kappa shape index (κ2) is 8.68. The maximum Gasteiger partial charge on any atom is 0.527 e. The fourth-order valence-corrected chi connectivity index (χ4v) is 2.98. The van der Waals surface area contributed by atoms with E-state index in [1.165, 1.54) is 5.06 Å². The highest BCUT2D eigenvalue weighted by Crippen LogP contribution is 2.29. The van der Waals surface area contributed by atoms with Crippen LogP contribution in [0.25, 0.3) is 0 Å². The fraction of sp³-hybridized carbons (Fsp3) is 0.333. The van der Waals surface area contributed by atoms with Crippen molar-refractivity contribution in [3.05, 3.63) is 64.7 Å². The van der Waals surface area contributed by atoms with Gasteiger partial charge in [0.2, 0.25) is 0 Å². The summed E-state index contributed by atoms with van der Waals surface area (Å²) in [7, 11) is 0. The molecule has 1 heterocycles. The minimum Gasteiger partial charge on any atom is -0.488 e. The van der Waals surface area contributed by atoms with E-state index in [2.05, 4.69) is 0 Å². The molecule has 6 heteroatoms. The third kappa shape index (κ3) is 4.46. The van der Waals surface area contributed by atoms with Gasteiger partial charge in [-0.05, 0) is 38.0 Å². The third-order valence-electron chi connectivity index (χ3n) is 4.40. The van der Waals surface area contributed by atoms with Gasteiger partial charge in [0.05, 0.1) is 12.2 Å². The Hall–Kier alpha value is -2.86. The smallest absolute Gasteiger partial charge is 0.488 e. The minimum atomic E-state index is -0.707. The first-order valence-electron chi connectivity index (χ1n) is 9.10. The van der Waals surface area contributed by atoms with Crippen LogP contribution in [-0.2, 0) is 22.6 Å². The number of carbonyl (C=O) groups is 2. The van der Waals surface area contributed by atoms with Gasteiger partial charge >= 0.3 is 6.16 Å². The SMILES string of the molecule is CCOC(=O)ON(CC)CCc1ccc2c(c1)C(=O)c1ccccc1CO2. The molecule has 0 aliphatic carbocycles. The molecule has 0 amide bonds. The van der Waals surface area contributed by atoms with Crippen LogP contribution in [0.1, 0.15) is 40.9 Å². The van der Waals surface area contributed by atoms with Crippen molar-refractivity contribution in [1.82, 2.24) is 5.06 Å². The quantitative estimate of drug-likeness (QED) is 0.571. The van der Waals surface area contributed by atoms with E-state index in [0.29, 0.717) is 43.0 Å². The molecule has 0 saturated carbocycles. The van der Waals surface area contributed by atoms with E-state index in [1.54, 1.807) is 6.92 Å². The molecule has 27 heavy (non-hydrogen) atoms. The monoisotopic (exact) mass is 369 g/mol. The zero-order chi connectivity index (χ0) is 19.2. The number of nitrogens with zero attached hydrogens (tertiary/aromatic N) is 1. The molecular formula is C21H23NO5. The van der Waals surface area contributed by atoms with Gasteiger partial charge in [-0.1, -0.05) is 30.3 Å². The molecular weight excluding hydrogens is 346 g/mol. The van der Waals surface area contributed by atoms with Gasteiger partial charge in [-0.25, -0.2) is 4.79 Å². The van der Waals surface area contributed by atoms with Crippen molar-refractivity contribution >= 4 is 11.9 Å². The molecule has 1 aliphatic rings. The molecule has 0 fully saturated rings. The Morgan fingerprint density at radius 3 is 2.74 bits per heavy atom. The summed E-state index contributed by atoms with van der Waals surface area (Å²) in [6.07, 6.45) is -0.0865. The zero-order valence-corrected chi connectivity index (χ0v) is 15.6. The largest absolute Gasteiger partial charge is 0.527 e. The number of benzene rings is 2. The van der Waals surface area contributed by atoms with Crippen LogP contribution in [0.15, 0.2) is 42.5 Å². The van der Waals surface area contributed by atoms with E-state index >= 15 is 0 Å². The summed E-state index contributed by atoms with van der Waals surface area (Å²) in [5.41, 5.74) is 3.09. The van der Waals surface area contributed by atoms with Gasteiger partial charge in [-0.3, -0.25) is 4.79 Å². The summed E-state index contributed by atoms with van der Waals surface area (Å²) in [5.74, 6) is 0.560. The Morgan fingerprint density at radius 2 is 1.96 bits per heavy atom. The van der Waals surface area contributed by atoms with Gasteiger partial charge in [0.25, 0.3) is 0 Å². The standard InChI is InChI=1S/C21H23NO5/c1-3-22(27-21(24)25-4-2)12-11-15-9-10-19-18(13-15)20(23)17-8-6-5-7-16(17)14-26-19/h5-10,13H,3-4,11-12,14H2,1-2H3. The Morgan fingerprint density at radius 1 is 1.15 bits per heavy atom. The molecule has 142 valence electrons. The topological polar surface area (TPSA) is 65.1 Å². The van der Waals surface area contributed by atoms with Gasteiger partial charge in [0, 0.05) is 24.2 Å². The van der Waals surface area contributed by atoms with Crippen molar-refractivity contribution in [2.45, 2.75) is 26.9 Å². The Balaban J connectivity index is 1.73. The second-order valence-electron chi connectivity index (χ2n) is 6.15. The third-order valence-corrected chi connectivity index (χ3v) is 4.40. The molecule has 0 spiro atoms. The molecule has 0 unspecified atom stereocenters. The summed E-state index contributed by atoms with van der Waals surface area (Å²) in [6.45, 7) is 5.31. The molecule has 0 N–H and O–H groups in total. The lowest BCUT2D eigenvalue weighted by molar-refractivity contribution is -0.123. The van der Waals surface area contributed by atoms with Gasteiger partial charge in [0.1, 0.15) is 12.4 Å². The summed E-state index contributed by atoms with van der Waals surface area (Å²) < 4.78 is 10.6. The molecule has 2 aromatic rings. The average molecular weight is 369 g/mol. The summed E-state index contributed by atoms with van der Waals surface area (Å²) in [5, 5.41) is 1.54. The molecule has 6 nitrogen and oxygen atoms in total. The average Bonchev–Trinajstić information content (AvgIpc) is 2.82. The van der Waals surface area contributed by atoms with Gasteiger partial charge < -0.3 is 14.3 Å². The lowest BCUT2D eigenvalue weighted by Gasteiger charge is -2.19. The number of ketones is 1. The second-order valence-corrected chi connectivity index (χ2v) is 6.15. The number of carbonyl (C=O) groups excluding carboxylic acids is 2. The maximum atomic E-state index is 12.9. The molecule has 3 rings (SSSR count). The fourth-order valence-electron chi connectivity index (χ4n) is 2.98. The van der Waals surface area contributed by atoms with Crippen molar-refractivity contribution in [2.75, 3.05) is 19.7 Å². The summed E-state index contributed by atoms with van der Waals surface area (Å²) in [6, 6.07) is 13.1. The first-order valence-corrected chi connectivity index (χ1v) is 9.10. The molecule has 1 aliphatic heterocycles. The predicted octanol–water partition coefficient (Wildman–Crippen LogP) is 3.76. The van der Waals surface area contributed by atoms with Crippen molar-refractivity contribution < 1.29 is 23.9 Å². The normalized spacial score (nSPS) is 12.6. The number of fused-ring (bicyclic) bond motifs is 2. The van der Waals surface area contributed by atoms with Crippen LogP contribution in [0.5, 0.6) is 5.75 Å². The summed E-state index contributed by atoms with van der Waals surface area (Å²) >= 11 is 0. The zero-order valence-electron chi connectivity index (χ0n) is 15.6. The predicted molar refractivity (Wildman–Crippen MR) is 99.7 cm³/mol. The van der Waals surface area contributed by atoms with E-state index in [-0.39, 0.29) is 12.4 Å².